The van der Waals surface area contributed by atoms with Gasteiger partial charge in [-0.25, -0.2) is 4.79 Å². The van der Waals surface area contributed by atoms with Crippen LogP contribution in [0.15, 0.2) is 24.3 Å². The zero-order valence-electron chi connectivity index (χ0n) is 11.7. The van der Waals surface area contributed by atoms with Gasteiger partial charge in [0.15, 0.2) is 0 Å². The summed E-state index contributed by atoms with van der Waals surface area (Å²) >= 11 is 0. The third kappa shape index (κ3) is 4.39. The third-order valence-corrected chi connectivity index (χ3v) is 3.16. The highest BCUT2D eigenvalue weighted by atomic mass is 16.4. The fourth-order valence-electron chi connectivity index (χ4n) is 1.89. The number of rotatable bonds is 5. The number of carbonyl (C=O) groups excluding carboxylic acids is 1. The molecule has 2 N–H and O–H groups in total. The maximum absolute atomic E-state index is 11.0. The van der Waals surface area contributed by atoms with Crippen LogP contribution in [-0.2, 0) is 21.4 Å². The molecule has 1 rings (SSSR count). The average molecular weight is 263 g/mol. The van der Waals surface area contributed by atoms with E-state index in [0.717, 1.165) is 18.4 Å². The van der Waals surface area contributed by atoms with Crippen molar-refractivity contribution in [3.63, 3.8) is 0 Å². The molecule has 4 heteroatoms. The van der Waals surface area contributed by atoms with E-state index in [0.29, 0.717) is 6.54 Å². The minimum absolute atomic E-state index is 0.296. The van der Waals surface area contributed by atoms with Crippen LogP contribution in [0.3, 0.4) is 0 Å². The molecular formula is C15H21NO3. The number of benzene rings is 1. The molecule has 0 fully saturated rings. The van der Waals surface area contributed by atoms with E-state index < -0.39 is 11.9 Å². The Morgan fingerprint density at radius 1 is 1.21 bits per heavy atom. The molecule has 0 saturated carbocycles. The minimum Gasteiger partial charge on any atom is -0.474 e. The normalized spacial score (nSPS) is 11.1. The highest BCUT2D eigenvalue weighted by Crippen LogP contribution is 2.22. The second kappa shape index (κ2) is 6.36. The highest BCUT2D eigenvalue weighted by molar-refractivity contribution is 6.31. The van der Waals surface area contributed by atoms with Gasteiger partial charge in [0.1, 0.15) is 0 Å². The maximum atomic E-state index is 11.0. The molecule has 0 spiro atoms. The molecule has 0 saturated heterocycles. The highest BCUT2D eigenvalue weighted by Gasteiger charge is 2.22. The Labute approximate surface area is 113 Å². The monoisotopic (exact) mass is 263 g/mol. The molecule has 0 aliphatic rings. The molecule has 0 heterocycles. The molecule has 0 aromatic heterocycles. The Kier molecular flexibility index (Phi) is 5.10. The van der Waals surface area contributed by atoms with Gasteiger partial charge in [0.25, 0.3) is 0 Å². The van der Waals surface area contributed by atoms with Crippen LogP contribution in [0.4, 0.5) is 0 Å². The fourth-order valence-corrected chi connectivity index (χ4v) is 1.89. The van der Waals surface area contributed by atoms with Crippen LogP contribution in [0, 0.1) is 0 Å². The van der Waals surface area contributed by atoms with E-state index in [9.17, 15) is 9.59 Å². The first kappa shape index (κ1) is 15.2. The molecule has 1 amide bonds. The molecule has 1 aromatic carbocycles. The summed E-state index contributed by atoms with van der Waals surface area (Å²) in [5, 5.41) is 11.0. The molecule has 4 nitrogen and oxygen atoms in total. The van der Waals surface area contributed by atoms with E-state index in [4.69, 9.17) is 5.11 Å². The molecule has 0 unspecified atom stereocenters. The van der Waals surface area contributed by atoms with Gasteiger partial charge in [-0.05, 0) is 17.5 Å². The summed E-state index contributed by atoms with van der Waals surface area (Å²) in [7, 11) is 0. The quantitative estimate of drug-likeness (QED) is 0.800. The lowest BCUT2D eigenvalue weighted by Gasteiger charge is -2.25. The first-order valence-electron chi connectivity index (χ1n) is 6.47. The number of hydrogen-bond acceptors (Lipinski definition) is 2. The summed E-state index contributed by atoms with van der Waals surface area (Å²) in [5.74, 6) is -2.41. The maximum Gasteiger partial charge on any atom is 0.394 e. The molecule has 0 radical (unpaired) electrons. The Balaban J connectivity index is 2.70. The SMILES string of the molecule is CCCc1ccc(C(C)(C)CNC(=O)C(=O)O)cc1. The van der Waals surface area contributed by atoms with E-state index in [1.54, 1.807) is 0 Å². The molecule has 0 aliphatic heterocycles. The summed E-state index contributed by atoms with van der Waals surface area (Å²) in [6, 6.07) is 8.25. The smallest absolute Gasteiger partial charge is 0.394 e. The van der Waals surface area contributed by atoms with Gasteiger partial charge in [-0.15, -0.1) is 0 Å². The number of amides is 1. The van der Waals surface area contributed by atoms with Crippen molar-refractivity contribution in [1.29, 1.82) is 0 Å². The van der Waals surface area contributed by atoms with Crippen LogP contribution in [0.25, 0.3) is 0 Å². The van der Waals surface area contributed by atoms with Crippen LogP contribution < -0.4 is 5.32 Å². The van der Waals surface area contributed by atoms with Gasteiger partial charge in [0, 0.05) is 12.0 Å². The van der Waals surface area contributed by atoms with Crippen molar-refractivity contribution in [1.82, 2.24) is 5.32 Å². The molecule has 19 heavy (non-hydrogen) atoms. The molecule has 1 aromatic rings. The summed E-state index contributed by atoms with van der Waals surface area (Å²) in [5.41, 5.74) is 2.07. The lowest BCUT2D eigenvalue weighted by molar-refractivity contribution is -0.150. The summed E-state index contributed by atoms with van der Waals surface area (Å²) in [4.78, 5) is 21.5. The van der Waals surface area contributed by atoms with Gasteiger partial charge in [0.2, 0.25) is 0 Å². The fraction of sp³-hybridized carbons (Fsp3) is 0.467. The van der Waals surface area contributed by atoms with Gasteiger partial charge in [-0.2, -0.15) is 0 Å². The lowest BCUT2D eigenvalue weighted by atomic mass is 9.84. The van der Waals surface area contributed by atoms with E-state index in [2.05, 4.69) is 24.4 Å². The van der Waals surface area contributed by atoms with E-state index in [1.165, 1.54) is 5.56 Å². The Hall–Kier alpha value is -1.84. The molecule has 0 aliphatic carbocycles. The summed E-state index contributed by atoms with van der Waals surface area (Å²) in [6.07, 6.45) is 2.16. The number of carboxylic acids is 1. The third-order valence-electron chi connectivity index (χ3n) is 3.16. The molecule has 0 atom stereocenters. The Bertz CT molecular complexity index is 449. The van der Waals surface area contributed by atoms with Crippen molar-refractivity contribution >= 4 is 11.9 Å². The number of aryl methyl sites for hydroxylation is 1. The van der Waals surface area contributed by atoms with Crippen molar-refractivity contribution in [3.8, 4) is 0 Å². The number of hydrogen-bond donors (Lipinski definition) is 2. The standard InChI is InChI=1S/C15H21NO3/c1-4-5-11-6-8-12(9-7-11)15(2,3)10-16-13(17)14(18)19/h6-9H,4-5,10H2,1-3H3,(H,16,17)(H,18,19). The Morgan fingerprint density at radius 2 is 1.79 bits per heavy atom. The minimum atomic E-state index is -1.45. The van der Waals surface area contributed by atoms with Crippen LogP contribution in [0.1, 0.15) is 38.3 Å². The first-order chi connectivity index (χ1) is 8.86. The van der Waals surface area contributed by atoms with Crippen LogP contribution in [0.2, 0.25) is 0 Å². The Morgan fingerprint density at radius 3 is 2.26 bits per heavy atom. The van der Waals surface area contributed by atoms with E-state index in [-0.39, 0.29) is 5.41 Å². The molecular weight excluding hydrogens is 242 g/mol. The molecule has 104 valence electrons. The zero-order chi connectivity index (χ0) is 14.5. The molecule has 0 bridgehead atoms. The predicted octanol–water partition coefficient (Wildman–Crippen LogP) is 2.12. The van der Waals surface area contributed by atoms with Gasteiger partial charge in [0.05, 0.1) is 0 Å². The van der Waals surface area contributed by atoms with Gasteiger partial charge >= 0.3 is 11.9 Å². The average Bonchev–Trinajstić information content (AvgIpc) is 2.37. The predicted molar refractivity (Wildman–Crippen MR) is 74.1 cm³/mol. The summed E-state index contributed by atoms with van der Waals surface area (Å²) in [6.45, 7) is 6.39. The topological polar surface area (TPSA) is 66.4 Å². The van der Waals surface area contributed by atoms with Crippen molar-refractivity contribution in [2.24, 2.45) is 0 Å². The number of carbonyl (C=O) groups is 2. The number of carboxylic acid groups (broad SMARTS) is 1. The zero-order valence-corrected chi connectivity index (χ0v) is 11.7. The first-order valence-corrected chi connectivity index (χ1v) is 6.47. The van der Waals surface area contributed by atoms with Crippen molar-refractivity contribution in [2.75, 3.05) is 6.54 Å². The second-order valence-corrected chi connectivity index (χ2v) is 5.32. The van der Waals surface area contributed by atoms with E-state index >= 15 is 0 Å². The van der Waals surface area contributed by atoms with Crippen LogP contribution >= 0.6 is 0 Å². The van der Waals surface area contributed by atoms with Crippen molar-refractivity contribution in [3.05, 3.63) is 35.4 Å². The van der Waals surface area contributed by atoms with Crippen molar-refractivity contribution < 1.29 is 14.7 Å². The van der Waals surface area contributed by atoms with Crippen LogP contribution in [0.5, 0.6) is 0 Å². The van der Waals surface area contributed by atoms with Crippen LogP contribution in [-0.4, -0.2) is 23.5 Å². The van der Waals surface area contributed by atoms with E-state index in [1.807, 2.05) is 26.0 Å². The number of nitrogens with one attached hydrogen (secondary N) is 1. The van der Waals surface area contributed by atoms with Crippen molar-refractivity contribution in [2.45, 2.75) is 39.0 Å². The lowest BCUT2D eigenvalue weighted by Crippen LogP contribution is -2.39. The van der Waals surface area contributed by atoms with Gasteiger partial charge in [-0.3, -0.25) is 4.79 Å². The second-order valence-electron chi connectivity index (χ2n) is 5.32. The number of aliphatic carboxylic acids is 1. The largest absolute Gasteiger partial charge is 0.474 e. The van der Waals surface area contributed by atoms with Gasteiger partial charge in [-0.1, -0.05) is 51.5 Å². The van der Waals surface area contributed by atoms with Gasteiger partial charge < -0.3 is 10.4 Å². The summed E-state index contributed by atoms with van der Waals surface area (Å²) < 4.78 is 0.